The zero-order valence-corrected chi connectivity index (χ0v) is 16.7. The summed E-state index contributed by atoms with van der Waals surface area (Å²) in [5.74, 6) is -0.546. The number of aromatic nitrogens is 2. The standard InChI is InChI=1S/C17H27BrN4O2/c1-17(2,3)11(15(24)19-4)9-13(23)14-12-10-21(5)7-6-8-22(12)16(18)20-14/h11H,6-10H2,1-5H3,(H,19,24)/t11-/m1/s1. The lowest BCUT2D eigenvalue weighted by Gasteiger charge is -2.28. The molecule has 2 heterocycles. The fourth-order valence-electron chi connectivity index (χ4n) is 3.15. The van der Waals surface area contributed by atoms with Crippen LogP contribution >= 0.6 is 15.9 Å². The Kier molecular flexibility index (Phi) is 5.86. The number of nitrogens with zero attached hydrogens (tertiary/aromatic N) is 3. The summed E-state index contributed by atoms with van der Waals surface area (Å²) in [4.78, 5) is 31.8. The van der Waals surface area contributed by atoms with E-state index in [0.29, 0.717) is 17.0 Å². The molecule has 1 atom stereocenters. The molecule has 1 aliphatic heterocycles. The van der Waals surface area contributed by atoms with Gasteiger partial charge in [0.15, 0.2) is 10.5 Å². The first-order valence-electron chi connectivity index (χ1n) is 8.33. The Morgan fingerprint density at radius 2 is 2.00 bits per heavy atom. The van der Waals surface area contributed by atoms with Gasteiger partial charge in [0, 0.05) is 26.6 Å². The number of hydrogen-bond acceptors (Lipinski definition) is 4. The number of imidazole rings is 1. The summed E-state index contributed by atoms with van der Waals surface area (Å²) in [5.41, 5.74) is 1.14. The van der Waals surface area contributed by atoms with E-state index in [1.54, 1.807) is 7.05 Å². The van der Waals surface area contributed by atoms with E-state index in [2.05, 4.69) is 35.7 Å². The number of carbonyl (C=O) groups excluding carboxylic acids is 2. The summed E-state index contributed by atoms with van der Waals surface area (Å²) in [6, 6.07) is 0. The van der Waals surface area contributed by atoms with Crippen LogP contribution in [0.25, 0.3) is 0 Å². The molecule has 0 saturated heterocycles. The number of carbonyl (C=O) groups is 2. The SMILES string of the molecule is CNC(=O)[C@@H](CC(=O)c1nc(Br)n2c1CN(C)CCC2)C(C)(C)C. The molecule has 1 aromatic heterocycles. The van der Waals surface area contributed by atoms with Crippen molar-refractivity contribution in [2.24, 2.45) is 11.3 Å². The number of hydrogen-bond donors (Lipinski definition) is 1. The average molecular weight is 399 g/mol. The van der Waals surface area contributed by atoms with Gasteiger partial charge in [0.25, 0.3) is 0 Å². The van der Waals surface area contributed by atoms with Gasteiger partial charge in [-0.1, -0.05) is 20.8 Å². The first-order valence-corrected chi connectivity index (χ1v) is 9.12. The highest BCUT2D eigenvalue weighted by molar-refractivity contribution is 9.10. The smallest absolute Gasteiger partial charge is 0.223 e. The molecular formula is C17H27BrN4O2. The normalized spacial score (nSPS) is 17.1. The Morgan fingerprint density at radius 1 is 1.33 bits per heavy atom. The molecule has 7 heteroatoms. The van der Waals surface area contributed by atoms with E-state index in [0.717, 1.165) is 25.2 Å². The van der Waals surface area contributed by atoms with E-state index < -0.39 is 0 Å². The molecule has 0 saturated carbocycles. The molecule has 1 aromatic rings. The minimum absolute atomic E-state index is 0.0664. The lowest BCUT2D eigenvalue weighted by Crippen LogP contribution is -2.37. The first kappa shape index (κ1) is 19.1. The maximum atomic E-state index is 12.9. The van der Waals surface area contributed by atoms with Crippen LogP contribution in [-0.2, 0) is 17.9 Å². The van der Waals surface area contributed by atoms with E-state index in [1.807, 2.05) is 27.8 Å². The minimum Gasteiger partial charge on any atom is -0.359 e. The zero-order valence-electron chi connectivity index (χ0n) is 15.1. The van der Waals surface area contributed by atoms with Crippen LogP contribution in [0.15, 0.2) is 4.73 Å². The predicted molar refractivity (Wildman–Crippen MR) is 96.8 cm³/mol. The zero-order chi connectivity index (χ0) is 18.1. The Balaban J connectivity index is 2.31. The Hall–Kier alpha value is -1.21. The van der Waals surface area contributed by atoms with E-state index in [1.165, 1.54) is 0 Å². The molecular weight excluding hydrogens is 372 g/mol. The van der Waals surface area contributed by atoms with Crippen molar-refractivity contribution in [3.05, 3.63) is 16.1 Å². The van der Waals surface area contributed by atoms with Gasteiger partial charge in [-0.15, -0.1) is 0 Å². The van der Waals surface area contributed by atoms with Crippen LogP contribution in [0.3, 0.4) is 0 Å². The minimum atomic E-state index is -0.380. The van der Waals surface area contributed by atoms with Crippen LogP contribution in [-0.4, -0.2) is 46.8 Å². The second kappa shape index (κ2) is 7.35. The lowest BCUT2D eigenvalue weighted by atomic mass is 9.77. The van der Waals surface area contributed by atoms with Crippen molar-refractivity contribution in [1.29, 1.82) is 0 Å². The maximum Gasteiger partial charge on any atom is 0.223 e. The highest BCUT2D eigenvalue weighted by Gasteiger charge is 2.34. The third kappa shape index (κ3) is 4.06. The van der Waals surface area contributed by atoms with Gasteiger partial charge in [0.2, 0.25) is 5.91 Å². The molecule has 2 rings (SSSR count). The first-order chi connectivity index (χ1) is 11.1. The molecule has 0 aliphatic carbocycles. The molecule has 0 fully saturated rings. The summed E-state index contributed by atoms with van der Waals surface area (Å²) in [7, 11) is 3.66. The van der Waals surface area contributed by atoms with Crippen molar-refractivity contribution < 1.29 is 9.59 Å². The van der Waals surface area contributed by atoms with Gasteiger partial charge < -0.3 is 14.8 Å². The number of nitrogens with one attached hydrogen (secondary N) is 1. The van der Waals surface area contributed by atoms with Crippen molar-refractivity contribution in [3.8, 4) is 0 Å². The summed E-state index contributed by atoms with van der Waals surface area (Å²) < 4.78 is 2.77. The third-order valence-corrected chi connectivity index (χ3v) is 5.23. The molecule has 24 heavy (non-hydrogen) atoms. The van der Waals surface area contributed by atoms with Gasteiger partial charge >= 0.3 is 0 Å². The largest absolute Gasteiger partial charge is 0.359 e. The van der Waals surface area contributed by atoms with Crippen molar-refractivity contribution >= 4 is 27.6 Å². The summed E-state index contributed by atoms with van der Waals surface area (Å²) in [5, 5.41) is 2.68. The molecule has 134 valence electrons. The van der Waals surface area contributed by atoms with E-state index in [9.17, 15) is 9.59 Å². The van der Waals surface area contributed by atoms with Crippen LogP contribution in [0, 0.1) is 11.3 Å². The number of fused-ring (bicyclic) bond motifs is 1. The van der Waals surface area contributed by atoms with Crippen molar-refractivity contribution in [1.82, 2.24) is 19.8 Å². The van der Waals surface area contributed by atoms with Crippen LogP contribution in [0.2, 0.25) is 0 Å². The number of Topliss-reactive ketones (excluding diaryl/α,β-unsaturated/α-hetero) is 1. The Morgan fingerprint density at radius 3 is 2.58 bits per heavy atom. The second-order valence-corrected chi connectivity index (χ2v) is 8.29. The molecule has 0 unspecified atom stereocenters. The average Bonchev–Trinajstić information content (AvgIpc) is 2.68. The Bertz CT molecular complexity index is 633. The van der Waals surface area contributed by atoms with Crippen molar-refractivity contribution in [2.75, 3.05) is 20.6 Å². The van der Waals surface area contributed by atoms with Crippen LogP contribution in [0.1, 0.15) is 49.8 Å². The maximum absolute atomic E-state index is 12.9. The lowest BCUT2D eigenvalue weighted by molar-refractivity contribution is -0.127. The molecule has 6 nitrogen and oxygen atoms in total. The van der Waals surface area contributed by atoms with Crippen molar-refractivity contribution in [2.45, 2.75) is 46.7 Å². The van der Waals surface area contributed by atoms with Gasteiger partial charge in [-0.2, -0.15) is 0 Å². The number of rotatable bonds is 4. The second-order valence-electron chi connectivity index (χ2n) is 7.58. The van der Waals surface area contributed by atoms with Crippen LogP contribution < -0.4 is 5.32 Å². The molecule has 1 N–H and O–H groups in total. The van der Waals surface area contributed by atoms with Gasteiger partial charge in [0.05, 0.1) is 11.6 Å². The van der Waals surface area contributed by atoms with Gasteiger partial charge in [-0.3, -0.25) is 9.59 Å². The topological polar surface area (TPSA) is 67.2 Å². The van der Waals surface area contributed by atoms with Gasteiger partial charge in [0.1, 0.15) is 5.69 Å². The summed E-state index contributed by atoms with van der Waals surface area (Å²) >= 11 is 3.48. The number of halogens is 1. The molecule has 0 aromatic carbocycles. The monoisotopic (exact) mass is 398 g/mol. The quantitative estimate of drug-likeness (QED) is 0.790. The van der Waals surface area contributed by atoms with E-state index in [4.69, 9.17) is 0 Å². The van der Waals surface area contributed by atoms with Gasteiger partial charge in [-0.05, 0) is 41.4 Å². The highest BCUT2D eigenvalue weighted by Crippen LogP contribution is 2.31. The fourth-order valence-corrected chi connectivity index (χ4v) is 3.72. The third-order valence-electron chi connectivity index (χ3n) is 4.63. The number of amides is 1. The molecule has 0 radical (unpaired) electrons. The van der Waals surface area contributed by atoms with E-state index >= 15 is 0 Å². The number of ketones is 1. The summed E-state index contributed by atoms with van der Waals surface area (Å²) in [6.07, 6.45) is 1.19. The summed E-state index contributed by atoms with van der Waals surface area (Å²) in [6.45, 7) is 8.48. The van der Waals surface area contributed by atoms with Crippen LogP contribution in [0.5, 0.6) is 0 Å². The highest BCUT2D eigenvalue weighted by atomic mass is 79.9. The fraction of sp³-hybridized carbons (Fsp3) is 0.706. The van der Waals surface area contributed by atoms with Crippen molar-refractivity contribution in [3.63, 3.8) is 0 Å². The van der Waals surface area contributed by atoms with E-state index in [-0.39, 0.29) is 29.4 Å². The van der Waals surface area contributed by atoms with Crippen LogP contribution in [0.4, 0.5) is 0 Å². The molecule has 1 aliphatic rings. The molecule has 1 amide bonds. The molecule has 0 spiro atoms. The van der Waals surface area contributed by atoms with Gasteiger partial charge in [-0.25, -0.2) is 4.98 Å². The molecule has 0 bridgehead atoms. The predicted octanol–water partition coefficient (Wildman–Crippen LogP) is 2.46. The Labute approximate surface area is 152 Å².